The zero-order chi connectivity index (χ0) is 23.1. The molecule has 2 aromatic rings. The maximum Gasteiger partial charge on any atom is 0.416 e. The van der Waals surface area contributed by atoms with Gasteiger partial charge < -0.3 is 5.11 Å². The Morgan fingerprint density at radius 3 is 2.53 bits per heavy atom. The van der Waals surface area contributed by atoms with Gasteiger partial charge in [-0.1, -0.05) is 18.2 Å². The number of piperidine rings is 1. The van der Waals surface area contributed by atoms with Gasteiger partial charge in [-0.05, 0) is 43.2 Å². The van der Waals surface area contributed by atoms with Crippen molar-refractivity contribution in [3.8, 4) is 0 Å². The highest BCUT2D eigenvalue weighted by atomic mass is 32.2. The molecule has 0 radical (unpaired) electrons. The van der Waals surface area contributed by atoms with Crippen molar-refractivity contribution in [1.29, 1.82) is 0 Å². The summed E-state index contributed by atoms with van der Waals surface area (Å²) in [5, 5.41) is 18.2. The molecule has 1 aromatic heterocycles. The largest absolute Gasteiger partial charge is 0.416 e. The molecule has 0 amide bonds. The molecule has 11 heteroatoms. The van der Waals surface area contributed by atoms with Crippen LogP contribution in [-0.2, 0) is 29.2 Å². The van der Waals surface area contributed by atoms with Crippen molar-refractivity contribution in [3.05, 3.63) is 52.3 Å². The lowest BCUT2D eigenvalue weighted by Crippen LogP contribution is -2.37. The minimum absolute atomic E-state index is 0.145. The standard InChI is InChI=1S/C21H27F3N4O3S/c1-32(30,31)28-10-4-7-18-16(13-28)19(26-25-18)20(29)27-11-8-14(9-12-27)15-5-2-3-6-17(15)21(22,23)24/h2-3,5-6,14,20,29H,4,7-13H2,1H3,(H,25,26). The molecule has 2 N–H and O–H groups in total. The molecular weight excluding hydrogens is 445 g/mol. The number of benzene rings is 1. The van der Waals surface area contributed by atoms with Gasteiger partial charge in [0.1, 0.15) is 5.69 Å². The summed E-state index contributed by atoms with van der Waals surface area (Å²) in [6.07, 6.45) is -2.03. The summed E-state index contributed by atoms with van der Waals surface area (Å²) in [6, 6.07) is 5.67. The molecule has 7 nitrogen and oxygen atoms in total. The van der Waals surface area contributed by atoms with Crippen molar-refractivity contribution >= 4 is 10.0 Å². The van der Waals surface area contributed by atoms with E-state index < -0.39 is 28.0 Å². The first-order chi connectivity index (χ1) is 15.1. The number of aliphatic hydroxyl groups is 1. The Morgan fingerprint density at radius 1 is 1.19 bits per heavy atom. The SMILES string of the molecule is CS(=O)(=O)N1CCCc2[nH]nc(C(O)N3CCC(c4ccccc4C(F)(F)F)CC3)c2C1. The summed E-state index contributed by atoms with van der Waals surface area (Å²) in [4.78, 5) is 1.79. The van der Waals surface area contributed by atoms with E-state index in [-0.39, 0.29) is 12.5 Å². The summed E-state index contributed by atoms with van der Waals surface area (Å²) in [6.45, 7) is 1.37. The number of halogens is 3. The minimum atomic E-state index is -4.40. The number of likely N-dealkylation sites (tertiary alicyclic amines) is 1. The van der Waals surface area contributed by atoms with Gasteiger partial charge in [0.25, 0.3) is 0 Å². The van der Waals surface area contributed by atoms with Crippen LogP contribution in [0.5, 0.6) is 0 Å². The van der Waals surface area contributed by atoms with Crippen molar-refractivity contribution in [2.75, 3.05) is 25.9 Å². The lowest BCUT2D eigenvalue weighted by atomic mass is 9.86. The van der Waals surface area contributed by atoms with Crippen LogP contribution in [0, 0.1) is 0 Å². The maximum absolute atomic E-state index is 13.4. The number of aromatic nitrogens is 2. The third-order valence-electron chi connectivity index (χ3n) is 6.45. The summed E-state index contributed by atoms with van der Waals surface area (Å²) < 4.78 is 65.7. The van der Waals surface area contributed by atoms with Gasteiger partial charge in [-0.3, -0.25) is 10.00 Å². The molecular formula is C21H27F3N4O3S. The van der Waals surface area contributed by atoms with Crippen LogP contribution in [0.3, 0.4) is 0 Å². The molecule has 2 aliphatic rings. The topological polar surface area (TPSA) is 89.5 Å². The van der Waals surface area contributed by atoms with E-state index in [9.17, 15) is 26.7 Å². The van der Waals surface area contributed by atoms with Crippen LogP contribution in [-0.4, -0.2) is 58.8 Å². The van der Waals surface area contributed by atoms with E-state index in [1.54, 1.807) is 11.0 Å². The van der Waals surface area contributed by atoms with Crippen LogP contribution >= 0.6 is 0 Å². The first-order valence-electron chi connectivity index (χ1n) is 10.6. The van der Waals surface area contributed by atoms with Crippen molar-refractivity contribution in [2.24, 2.45) is 0 Å². The molecule has 0 spiro atoms. The summed E-state index contributed by atoms with van der Waals surface area (Å²) >= 11 is 0. The zero-order valence-corrected chi connectivity index (χ0v) is 18.6. The predicted octanol–water partition coefficient (Wildman–Crippen LogP) is 3.01. The Hall–Kier alpha value is -1.95. The second kappa shape index (κ2) is 8.77. The number of rotatable bonds is 4. The molecule has 1 saturated heterocycles. The van der Waals surface area contributed by atoms with E-state index in [1.807, 2.05) is 0 Å². The molecule has 1 fully saturated rings. The number of nitrogens with one attached hydrogen (secondary N) is 1. The number of sulfonamides is 1. The van der Waals surface area contributed by atoms with Gasteiger partial charge in [0.15, 0.2) is 6.23 Å². The molecule has 1 unspecified atom stereocenters. The molecule has 176 valence electrons. The predicted molar refractivity (Wildman–Crippen MR) is 112 cm³/mol. The molecule has 0 aliphatic carbocycles. The Labute approximate surface area is 185 Å². The highest BCUT2D eigenvalue weighted by Gasteiger charge is 2.37. The van der Waals surface area contributed by atoms with E-state index in [4.69, 9.17) is 0 Å². The zero-order valence-electron chi connectivity index (χ0n) is 17.8. The smallest absolute Gasteiger partial charge is 0.372 e. The van der Waals surface area contributed by atoms with Crippen LogP contribution in [0.15, 0.2) is 24.3 Å². The van der Waals surface area contributed by atoms with Gasteiger partial charge in [0.05, 0.1) is 11.8 Å². The van der Waals surface area contributed by atoms with E-state index in [2.05, 4.69) is 10.2 Å². The number of nitrogens with zero attached hydrogens (tertiary/aromatic N) is 3. The van der Waals surface area contributed by atoms with Crippen molar-refractivity contribution < 1.29 is 26.7 Å². The number of aryl methyl sites for hydroxylation is 1. The highest BCUT2D eigenvalue weighted by Crippen LogP contribution is 2.39. The van der Waals surface area contributed by atoms with Gasteiger partial charge >= 0.3 is 6.18 Å². The Kier molecular flexibility index (Phi) is 6.36. The Morgan fingerprint density at radius 2 is 1.88 bits per heavy atom. The molecule has 32 heavy (non-hydrogen) atoms. The van der Waals surface area contributed by atoms with Gasteiger partial charge in [0.2, 0.25) is 10.0 Å². The fraction of sp³-hybridized carbons (Fsp3) is 0.571. The normalized spacial score (nSPS) is 20.7. The number of aliphatic hydroxyl groups excluding tert-OH is 1. The number of H-pyrrole nitrogens is 1. The van der Waals surface area contributed by atoms with Crippen LogP contribution in [0.1, 0.15) is 59.5 Å². The fourth-order valence-corrected chi connectivity index (χ4v) is 5.55. The molecule has 2 aliphatic heterocycles. The number of fused-ring (bicyclic) bond motifs is 1. The Balaban J connectivity index is 1.49. The number of aromatic amines is 1. The third kappa shape index (κ3) is 4.70. The summed E-state index contributed by atoms with van der Waals surface area (Å²) in [5.74, 6) is -0.242. The van der Waals surface area contributed by atoms with E-state index >= 15 is 0 Å². The summed E-state index contributed by atoms with van der Waals surface area (Å²) in [7, 11) is -3.39. The summed E-state index contributed by atoms with van der Waals surface area (Å²) in [5.41, 5.74) is 1.60. The second-order valence-electron chi connectivity index (χ2n) is 8.53. The lowest BCUT2D eigenvalue weighted by Gasteiger charge is -2.35. The average Bonchev–Trinajstić information content (AvgIpc) is 3.01. The molecule has 4 rings (SSSR count). The first kappa shape index (κ1) is 23.2. The minimum Gasteiger partial charge on any atom is -0.372 e. The van der Waals surface area contributed by atoms with E-state index in [1.165, 1.54) is 16.4 Å². The number of alkyl halides is 3. The second-order valence-corrected chi connectivity index (χ2v) is 10.5. The van der Waals surface area contributed by atoms with Crippen molar-refractivity contribution in [3.63, 3.8) is 0 Å². The van der Waals surface area contributed by atoms with Gasteiger partial charge in [-0.15, -0.1) is 0 Å². The van der Waals surface area contributed by atoms with Crippen molar-refractivity contribution in [2.45, 2.75) is 50.6 Å². The average molecular weight is 473 g/mol. The van der Waals surface area contributed by atoms with Gasteiger partial charge in [0, 0.05) is 37.4 Å². The van der Waals surface area contributed by atoms with E-state index in [0.717, 1.165) is 18.0 Å². The molecule has 3 heterocycles. The molecule has 1 aromatic carbocycles. The molecule has 0 saturated carbocycles. The molecule has 1 atom stereocenters. The van der Waals surface area contributed by atoms with Gasteiger partial charge in [-0.2, -0.15) is 22.6 Å². The monoisotopic (exact) mass is 472 g/mol. The van der Waals surface area contributed by atoms with Crippen LogP contribution in [0.2, 0.25) is 0 Å². The van der Waals surface area contributed by atoms with Crippen molar-refractivity contribution in [1.82, 2.24) is 19.4 Å². The maximum atomic E-state index is 13.4. The number of hydrogen-bond acceptors (Lipinski definition) is 5. The highest BCUT2D eigenvalue weighted by molar-refractivity contribution is 7.88. The van der Waals surface area contributed by atoms with Crippen LogP contribution < -0.4 is 0 Å². The Bertz CT molecular complexity index is 1060. The van der Waals surface area contributed by atoms with Crippen LogP contribution in [0.4, 0.5) is 13.2 Å². The first-order valence-corrected chi connectivity index (χ1v) is 12.5. The van der Waals surface area contributed by atoms with Gasteiger partial charge in [-0.25, -0.2) is 8.42 Å². The van der Waals surface area contributed by atoms with Crippen LogP contribution in [0.25, 0.3) is 0 Å². The lowest BCUT2D eigenvalue weighted by molar-refractivity contribution is -0.138. The quantitative estimate of drug-likeness (QED) is 0.714. The third-order valence-corrected chi connectivity index (χ3v) is 7.70. The fourth-order valence-electron chi connectivity index (χ4n) is 4.72. The molecule has 0 bridgehead atoms. The number of hydrogen-bond donors (Lipinski definition) is 2. The van der Waals surface area contributed by atoms with E-state index in [0.29, 0.717) is 62.1 Å².